The molecule has 0 bridgehead atoms. The van der Waals surface area contributed by atoms with Crippen LogP contribution >= 0.6 is 23.5 Å². The number of phenols is 2. The zero-order chi connectivity index (χ0) is 44.1. The van der Waals surface area contributed by atoms with E-state index in [-0.39, 0.29) is 10.8 Å². The van der Waals surface area contributed by atoms with E-state index in [9.17, 15) is 10.2 Å². The Morgan fingerprint density at radius 2 is 0.694 bits per heavy atom. The van der Waals surface area contributed by atoms with Crippen LogP contribution in [0.2, 0.25) is 0 Å². The van der Waals surface area contributed by atoms with Crippen molar-refractivity contribution in [1.82, 2.24) is 0 Å². The summed E-state index contributed by atoms with van der Waals surface area (Å²) < 4.78 is 0. The molecule has 1 saturated carbocycles. The first-order valence-electron chi connectivity index (χ1n) is 22.8. The molecule has 6 aromatic carbocycles. The van der Waals surface area contributed by atoms with E-state index >= 15 is 0 Å². The van der Waals surface area contributed by atoms with Gasteiger partial charge in [-0.2, -0.15) is 23.5 Å². The first-order valence-corrected chi connectivity index (χ1v) is 24.9. The normalized spacial score (nSPS) is 16.7. The van der Waals surface area contributed by atoms with Gasteiger partial charge in [-0.25, -0.2) is 0 Å². The molecule has 0 amide bonds. The highest BCUT2D eigenvalue weighted by Gasteiger charge is 2.38. The van der Waals surface area contributed by atoms with Gasteiger partial charge in [0, 0.05) is 55.1 Å². The Labute approximate surface area is 382 Å². The van der Waals surface area contributed by atoms with Gasteiger partial charge in [-0.15, -0.1) is 0 Å². The van der Waals surface area contributed by atoms with Crippen molar-refractivity contribution in [3.63, 3.8) is 0 Å². The molecule has 0 radical (unpaired) electrons. The Kier molecular flexibility index (Phi) is 14.1. The van der Waals surface area contributed by atoms with E-state index in [4.69, 9.17) is 0 Å². The van der Waals surface area contributed by atoms with E-state index in [2.05, 4.69) is 201 Å². The largest absolute Gasteiger partial charge is 0.507 e. The van der Waals surface area contributed by atoms with Crippen molar-refractivity contribution < 1.29 is 10.2 Å². The first kappa shape index (κ1) is 45.6. The van der Waals surface area contributed by atoms with Crippen LogP contribution in [0.5, 0.6) is 11.5 Å². The van der Waals surface area contributed by atoms with Crippen LogP contribution in [-0.4, -0.2) is 20.7 Å². The highest BCUT2D eigenvalue weighted by atomic mass is 32.2. The summed E-state index contributed by atoms with van der Waals surface area (Å²) in [5.41, 5.74) is 9.79. The lowest BCUT2D eigenvalue weighted by atomic mass is 9.69. The molecule has 0 saturated heterocycles. The highest BCUT2D eigenvalue weighted by molar-refractivity contribution is 8.03. The van der Waals surface area contributed by atoms with E-state index < -0.39 is 10.8 Å². The molecule has 0 spiro atoms. The van der Waals surface area contributed by atoms with Crippen LogP contribution in [0, 0.1) is 0 Å². The fraction of sp³-hybridized carbons (Fsp3) is 0.379. The molecule has 4 heteroatoms. The minimum Gasteiger partial charge on any atom is -0.507 e. The SMILES string of the molecule is CC(C)(C)c1cc(CSC2CCCCCC[C@@H]2SCc2cc(C(C)(C)C)cc(C(C)(c3ccccc3)c3ccccc3)c2O)c(O)c(C(C)(c2ccccc2)c2ccccc2)c1. The average molecular weight is 861 g/mol. The number of thioether (sulfide) groups is 2. The topological polar surface area (TPSA) is 40.5 Å². The Balaban J connectivity index is 1.24. The van der Waals surface area contributed by atoms with Crippen molar-refractivity contribution in [2.24, 2.45) is 0 Å². The fourth-order valence-corrected chi connectivity index (χ4v) is 12.5. The van der Waals surface area contributed by atoms with Crippen LogP contribution in [0.25, 0.3) is 0 Å². The van der Waals surface area contributed by atoms with Crippen LogP contribution in [0.3, 0.4) is 0 Å². The third-order valence-electron chi connectivity index (χ3n) is 13.6. The van der Waals surface area contributed by atoms with Crippen LogP contribution < -0.4 is 0 Å². The molecule has 6 aromatic rings. The molecular formula is C58H68O2S2. The van der Waals surface area contributed by atoms with Gasteiger partial charge in [0.25, 0.3) is 0 Å². The standard InChI is InChI=1S/C58H68O2S2/c1-55(2,3)47-35-41(53(59)49(37-47)57(7,43-25-15-11-16-26-43)44-27-17-12-18-28-44)39-61-51-33-23-9-10-24-34-52(51)62-40-42-36-48(56(4,5)6)38-50(54(42)60)58(8,45-29-19-13-20-30-45)46-31-21-14-22-32-46/h11-22,25-32,35-38,51-52,59-60H,9-10,23-24,33-34,39-40H2,1-8H3/t51-,52?/m0/s1. The number of benzene rings is 6. The first-order chi connectivity index (χ1) is 29.6. The molecule has 2 atom stereocenters. The van der Waals surface area contributed by atoms with Crippen LogP contribution in [0.15, 0.2) is 146 Å². The molecule has 0 heterocycles. The molecule has 2 N–H and O–H groups in total. The monoisotopic (exact) mass is 860 g/mol. The fourth-order valence-electron chi connectivity index (χ4n) is 9.47. The average Bonchev–Trinajstić information content (AvgIpc) is 3.26. The maximum atomic E-state index is 12.5. The summed E-state index contributed by atoms with van der Waals surface area (Å²) in [7, 11) is 0. The van der Waals surface area contributed by atoms with Gasteiger partial charge in [0.1, 0.15) is 11.5 Å². The van der Waals surface area contributed by atoms with Gasteiger partial charge in [0.2, 0.25) is 0 Å². The highest BCUT2D eigenvalue weighted by Crippen LogP contribution is 2.49. The van der Waals surface area contributed by atoms with Crippen LogP contribution in [-0.2, 0) is 33.2 Å². The quantitative estimate of drug-likeness (QED) is 0.120. The molecular weight excluding hydrogens is 793 g/mol. The summed E-state index contributed by atoms with van der Waals surface area (Å²) >= 11 is 4.06. The van der Waals surface area contributed by atoms with Crippen molar-refractivity contribution >= 4 is 23.5 Å². The van der Waals surface area contributed by atoms with Crippen molar-refractivity contribution in [3.8, 4) is 11.5 Å². The van der Waals surface area contributed by atoms with Gasteiger partial charge in [0.05, 0.1) is 0 Å². The smallest absolute Gasteiger partial charge is 0.124 e. The van der Waals surface area contributed by atoms with Crippen molar-refractivity contribution in [2.45, 2.75) is 138 Å². The van der Waals surface area contributed by atoms with Crippen molar-refractivity contribution in [1.29, 1.82) is 0 Å². The Morgan fingerprint density at radius 3 is 0.968 bits per heavy atom. The van der Waals surface area contributed by atoms with Gasteiger partial charge >= 0.3 is 0 Å². The maximum Gasteiger partial charge on any atom is 0.124 e. The van der Waals surface area contributed by atoms with E-state index in [1.807, 2.05) is 23.5 Å². The molecule has 0 aromatic heterocycles. The molecule has 324 valence electrons. The Morgan fingerprint density at radius 1 is 0.403 bits per heavy atom. The molecule has 1 fully saturated rings. The summed E-state index contributed by atoms with van der Waals surface area (Å²) in [6.07, 6.45) is 7.28. The van der Waals surface area contributed by atoms with E-state index in [1.165, 1.54) is 36.8 Å². The molecule has 0 aliphatic heterocycles. The lowest BCUT2D eigenvalue weighted by molar-refractivity contribution is 0.450. The number of phenolic OH excluding ortho intramolecular Hbond substituents is 2. The number of hydrogen-bond acceptors (Lipinski definition) is 4. The van der Waals surface area contributed by atoms with E-state index in [1.54, 1.807) is 0 Å². The number of rotatable bonds is 12. The predicted octanol–water partition coefficient (Wildman–Crippen LogP) is 15.7. The lowest BCUT2D eigenvalue weighted by Gasteiger charge is -2.35. The Hall–Kier alpha value is -4.38. The number of hydrogen-bond donors (Lipinski definition) is 2. The second-order valence-corrected chi connectivity index (χ2v) is 22.4. The van der Waals surface area contributed by atoms with Crippen molar-refractivity contribution in [3.05, 3.63) is 201 Å². The zero-order valence-electron chi connectivity index (χ0n) is 38.4. The van der Waals surface area contributed by atoms with E-state index in [0.717, 1.165) is 68.9 Å². The molecule has 1 aliphatic rings. The zero-order valence-corrected chi connectivity index (χ0v) is 40.0. The van der Waals surface area contributed by atoms with Crippen molar-refractivity contribution in [2.75, 3.05) is 0 Å². The summed E-state index contributed by atoms with van der Waals surface area (Å²) in [4.78, 5) is 0. The van der Waals surface area contributed by atoms with Gasteiger partial charge < -0.3 is 10.2 Å². The third-order valence-corrected chi connectivity index (χ3v) is 16.8. The minimum atomic E-state index is -0.550. The van der Waals surface area contributed by atoms with Crippen LogP contribution in [0.4, 0.5) is 0 Å². The molecule has 7 rings (SSSR count). The van der Waals surface area contributed by atoms with Gasteiger partial charge in [0.15, 0.2) is 0 Å². The lowest BCUT2D eigenvalue weighted by Crippen LogP contribution is -2.27. The molecule has 2 nitrogen and oxygen atoms in total. The third kappa shape index (κ3) is 9.73. The molecule has 62 heavy (non-hydrogen) atoms. The van der Waals surface area contributed by atoms with Gasteiger partial charge in [-0.3, -0.25) is 0 Å². The van der Waals surface area contributed by atoms with Gasteiger partial charge in [-0.1, -0.05) is 213 Å². The maximum absolute atomic E-state index is 12.5. The van der Waals surface area contributed by atoms with Gasteiger partial charge in [-0.05, 0) is 70.9 Å². The number of aromatic hydroxyl groups is 2. The molecule has 1 aliphatic carbocycles. The molecule has 1 unspecified atom stereocenters. The predicted molar refractivity (Wildman–Crippen MR) is 268 cm³/mol. The minimum absolute atomic E-state index is 0.103. The Bertz CT molecular complexity index is 2130. The summed E-state index contributed by atoms with van der Waals surface area (Å²) in [5.74, 6) is 2.30. The second-order valence-electron chi connectivity index (χ2n) is 20.0. The summed E-state index contributed by atoms with van der Waals surface area (Å²) in [5, 5.41) is 25.9. The second kappa shape index (κ2) is 19.2. The summed E-state index contributed by atoms with van der Waals surface area (Å²) in [6.45, 7) is 18.2. The van der Waals surface area contributed by atoms with Crippen LogP contribution in [0.1, 0.15) is 150 Å². The summed E-state index contributed by atoms with van der Waals surface area (Å²) in [6, 6.07) is 51.8. The van der Waals surface area contributed by atoms with E-state index in [0.29, 0.717) is 22.0 Å².